The molecule has 1 heterocycles. The summed E-state index contributed by atoms with van der Waals surface area (Å²) in [5.74, 6) is 1.90. The molecule has 0 bridgehead atoms. The summed E-state index contributed by atoms with van der Waals surface area (Å²) in [4.78, 5) is 1.46. The van der Waals surface area contributed by atoms with Crippen LogP contribution in [-0.4, -0.2) is 5.25 Å². The van der Waals surface area contributed by atoms with Crippen molar-refractivity contribution >= 4 is 39.0 Å². The average Bonchev–Trinajstić information content (AvgIpc) is 2.47. The fraction of sp³-hybridized carbons (Fsp3) is 0.600. The third kappa shape index (κ3) is 3.64. The molecule has 0 aromatic carbocycles. The Labute approximate surface area is 97.3 Å². The third-order valence-corrected chi connectivity index (χ3v) is 5.74. The Bertz CT molecular complexity index is 255. The van der Waals surface area contributed by atoms with Crippen LogP contribution in [0.25, 0.3) is 0 Å². The van der Waals surface area contributed by atoms with E-state index >= 15 is 0 Å². The van der Waals surface area contributed by atoms with Crippen molar-refractivity contribution in [3.8, 4) is 0 Å². The summed E-state index contributed by atoms with van der Waals surface area (Å²) in [6.07, 6.45) is 0. The van der Waals surface area contributed by atoms with Gasteiger partial charge in [-0.2, -0.15) is 11.8 Å². The van der Waals surface area contributed by atoms with Crippen molar-refractivity contribution in [1.82, 2.24) is 0 Å². The molecule has 0 saturated carbocycles. The van der Waals surface area contributed by atoms with Crippen LogP contribution in [-0.2, 0) is 5.75 Å². The predicted molar refractivity (Wildman–Crippen MR) is 67.6 cm³/mol. The molecule has 0 aliphatic rings. The van der Waals surface area contributed by atoms with Gasteiger partial charge in [-0.1, -0.05) is 20.8 Å². The molecule has 3 heteroatoms. The molecular weight excluding hydrogens is 264 g/mol. The van der Waals surface area contributed by atoms with Crippen molar-refractivity contribution in [1.29, 1.82) is 0 Å². The van der Waals surface area contributed by atoms with E-state index in [1.54, 1.807) is 0 Å². The molecule has 13 heavy (non-hydrogen) atoms. The Morgan fingerprint density at radius 1 is 1.46 bits per heavy atom. The van der Waals surface area contributed by atoms with Crippen LogP contribution in [0.4, 0.5) is 0 Å². The molecule has 0 N–H and O–H groups in total. The number of thiophene rings is 1. The van der Waals surface area contributed by atoms with Crippen molar-refractivity contribution in [2.24, 2.45) is 5.92 Å². The maximum absolute atomic E-state index is 3.55. The van der Waals surface area contributed by atoms with Gasteiger partial charge in [0.2, 0.25) is 0 Å². The van der Waals surface area contributed by atoms with Crippen LogP contribution in [0.1, 0.15) is 25.6 Å². The van der Waals surface area contributed by atoms with E-state index in [1.807, 2.05) is 23.1 Å². The second-order valence-corrected chi connectivity index (χ2v) is 6.67. The predicted octanol–water partition coefficient (Wildman–Crippen LogP) is 4.79. The monoisotopic (exact) mass is 278 g/mol. The van der Waals surface area contributed by atoms with Crippen LogP contribution in [0, 0.1) is 5.92 Å². The first-order valence-electron chi connectivity index (χ1n) is 4.44. The minimum absolute atomic E-state index is 0.744. The molecule has 1 rings (SSSR count). The zero-order valence-corrected chi connectivity index (χ0v) is 11.4. The van der Waals surface area contributed by atoms with Crippen molar-refractivity contribution < 1.29 is 0 Å². The van der Waals surface area contributed by atoms with Crippen LogP contribution in [0.5, 0.6) is 0 Å². The third-order valence-electron chi connectivity index (χ3n) is 2.11. The van der Waals surface area contributed by atoms with Gasteiger partial charge in [0.1, 0.15) is 0 Å². The molecule has 1 atom stereocenters. The lowest BCUT2D eigenvalue weighted by Crippen LogP contribution is -2.05. The van der Waals surface area contributed by atoms with Gasteiger partial charge < -0.3 is 0 Å². The second kappa shape index (κ2) is 5.42. The van der Waals surface area contributed by atoms with Crippen molar-refractivity contribution in [2.45, 2.75) is 31.8 Å². The maximum atomic E-state index is 3.55. The Balaban J connectivity index is 2.39. The van der Waals surface area contributed by atoms with Gasteiger partial charge in [0.15, 0.2) is 0 Å². The average molecular weight is 279 g/mol. The normalized spacial score (nSPS) is 13.6. The number of hydrogen-bond donors (Lipinski definition) is 0. The number of rotatable bonds is 4. The van der Waals surface area contributed by atoms with E-state index in [0.717, 1.165) is 16.9 Å². The molecule has 0 aliphatic heterocycles. The first kappa shape index (κ1) is 11.6. The zero-order chi connectivity index (χ0) is 9.84. The first-order valence-corrected chi connectivity index (χ1v) is 7.17. The van der Waals surface area contributed by atoms with Gasteiger partial charge in [-0.25, -0.2) is 0 Å². The van der Waals surface area contributed by atoms with Crippen LogP contribution >= 0.6 is 39.0 Å². The molecule has 74 valence electrons. The lowest BCUT2D eigenvalue weighted by atomic mass is 10.2. The number of hydrogen-bond acceptors (Lipinski definition) is 2. The lowest BCUT2D eigenvalue weighted by molar-refractivity contribution is 0.642. The van der Waals surface area contributed by atoms with Gasteiger partial charge in [-0.15, -0.1) is 11.3 Å². The number of halogens is 1. The summed E-state index contributed by atoms with van der Waals surface area (Å²) in [5.41, 5.74) is 0. The fourth-order valence-electron chi connectivity index (χ4n) is 0.828. The van der Waals surface area contributed by atoms with Crippen molar-refractivity contribution in [3.05, 3.63) is 20.8 Å². The highest BCUT2D eigenvalue weighted by Gasteiger charge is 2.09. The van der Waals surface area contributed by atoms with Gasteiger partial charge in [0, 0.05) is 20.4 Å². The highest BCUT2D eigenvalue weighted by Crippen LogP contribution is 2.30. The molecule has 1 aromatic rings. The molecule has 0 nitrogen and oxygen atoms in total. The molecule has 0 radical (unpaired) electrons. The van der Waals surface area contributed by atoms with E-state index in [4.69, 9.17) is 0 Å². The SMILES string of the molecule is CC(C)C(C)SCc1sccc1Br. The molecule has 0 spiro atoms. The van der Waals surface area contributed by atoms with E-state index in [1.165, 1.54) is 9.35 Å². The van der Waals surface area contributed by atoms with Gasteiger partial charge in [-0.3, -0.25) is 0 Å². The Hall–Kier alpha value is 0.530. The van der Waals surface area contributed by atoms with E-state index in [2.05, 4.69) is 48.1 Å². The van der Waals surface area contributed by atoms with E-state index in [9.17, 15) is 0 Å². The fourth-order valence-corrected chi connectivity index (χ4v) is 3.72. The van der Waals surface area contributed by atoms with Crippen LogP contribution in [0.3, 0.4) is 0 Å². The Kier molecular flexibility index (Phi) is 4.84. The first-order chi connectivity index (χ1) is 6.11. The maximum Gasteiger partial charge on any atom is 0.0322 e. The highest BCUT2D eigenvalue weighted by molar-refractivity contribution is 9.10. The van der Waals surface area contributed by atoms with Crippen LogP contribution < -0.4 is 0 Å². The minimum Gasteiger partial charge on any atom is -0.153 e. The molecule has 0 saturated heterocycles. The molecule has 0 fully saturated rings. The summed E-state index contributed by atoms with van der Waals surface area (Å²) in [5, 5.41) is 2.88. The summed E-state index contributed by atoms with van der Waals surface area (Å²) in [7, 11) is 0. The molecule has 1 aromatic heterocycles. The van der Waals surface area contributed by atoms with E-state index in [-0.39, 0.29) is 0 Å². The van der Waals surface area contributed by atoms with Gasteiger partial charge in [0.25, 0.3) is 0 Å². The lowest BCUT2D eigenvalue weighted by Gasteiger charge is -2.14. The van der Waals surface area contributed by atoms with Crippen molar-refractivity contribution in [3.63, 3.8) is 0 Å². The topological polar surface area (TPSA) is 0 Å². The van der Waals surface area contributed by atoms with Crippen LogP contribution in [0.15, 0.2) is 15.9 Å². The highest BCUT2D eigenvalue weighted by atomic mass is 79.9. The van der Waals surface area contributed by atoms with Gasteiger partial charge >= 0.3 is 0 Å². The summed E-state index contributed by atoms with van der Waals surface area (Å²) < 4.78 is 1.26. The van der Waals surface area contributed by atoms with Gasteiger partial charge in [0.05, 0.1) is 0 Å². The Morgan fingerprint density at radius 2 is 2.15 bits per heavy atom. The Morgan fingerprint density at radius 3 is 2.62 bits per heavy atom. The van der Waals surface area contributed by atoms with Crippen LogP contribution in [0.2, 0.25) is 0 Å². The molecule has 0 amide bonds. The van der Waals surface area contributed by atoms with Gasteiger partial charge in [-0.05, 0) is 33.3 Å². The molecule has 0 aliphatic carbocycles. The quantitative estimate of drug-likeness (QED) is 0.763. The summed E-state index contributed by atoms with van der Waals surface area (Å²) in [6.45, 7) is 6.86. The molecular formula is C10H15BrS2. The molecule has 1 unspecified atom stereocenters. The second-order valence-electron chi connectivity index (χ2n) is 3.45. The zero-order valence-electron chi connectivity index (χ0n) is 8.21. The smallest absolute Gasteiger partial charge is 0.0322 e. The standard InChI is InChI=1S/C10H15BrS2/c1-7(2)8(3)13-6-10-9(11)4-5-12-10/h4-5,7-8H,6H2,1-3H3. The van der Waals surface area contributed by atoms with E-state index < -0.39 is 0 Å². The van der Waals surface area contributed by atoms with Crippen molar-refractivity contribution in [2.75, 3.05) is 0 Å². The largest absolute Gasteiger partial charge is 0.153 e. The summed E-state index contributed by atoms with van der Waals surface area (Å²) >= 11 is 7.42. The minimum atomic E-state index is 0.744. The summed E-state index contributed by atoms with van der Waals surface area (Å²) in [6, 6.07) is 2.13. The van der Waals surface area contributed by atoms with E-state index in [0.29, 0.717) is 0 Å². The number of thioether (sulfide) groups is 1.